The molecule has 1 aliphatic heterocycles. The van der Waals surface area contributed by atoms with Crippen molar-refractivity contribution in [3.05, 3.63) is 27.7 Å². The molecule has 1 aliphatic rings. The maximum absolute atomic E-state index is 12.7. The number of hydrogen-bond acceptors (Lipinski definition) is 2. The van der Waals surface area contributed by atoms with Gasteiger partial charge in [0.2, 0.25) is 11.8 Å². The largest absolute Gasteiger partial charge is 0.342 e. The van der Waals surface area contributed by atoms with E-state index in [1.165, 1.54) is 4.90 Å². The Morgan fingerprint density at radius 1 is 1.38 bits per heavy atom. The Labute approximate surface area is 138 Å². The lowest BCUT2D eigenvalue weighted by molar-refractivity contribution is -0.133. The summed E-state index contributed by atoms with van der Waals surface area (Å²) in [7, 11) is 0. The standard InChI is InChI=1S/C15H18BrClN2O2/c1-8(2)6-12-15(21)19(9(3)14(20)18-12)13-5-4-10(16)7-11(13)17/h4-5,7-9,12H,6H2,1-3H3,(H,18,20). The van der Waals surface area contributed by atoms with Gasteiger partial charge in [-0.2, -0.15) is 0 Å². The predicted molar refractivity (Wildman–Crippen MR) is 87.5 cm³/mol. The molecule has 2 amide bonds. The molecule has 1 aromatic carbocycles. The molecule has 0 aliphatic carbocycles. The van der Waals surface area contributed by atoms with E-state index >= 15 is 0 Å². The maximum Gasteiger partial charge on any atom is 0.250 e. The number of piperazine rings is 1. The van der Waals surface area contributed by atoms with Crippen LogP contribution in [-0.4, -0.2) is 23.9 Å². The highest BCUT2D eigenvalue weighted by atomic mass is 79.9. The van der Waals surface area contributed by atoms with Gasteiger partial charge < -0.3 is 5.32 Å². The number of amides is 2. The van der Waals surface area contributed by atoms with Crippen LogP contribution in [0.1, 0.15) is 27.2 Å². The molecule has 21 heavy (non-hydrogen) atoms. The molecule has 1 fully saturated rings. The quantitative estimate of drug-likeness (QED) is 0.883. The van der Waals surface area contributed by atoms with E-state index in [1.807, 2.05) is 19.9 Å². The minimum absolute atomic E-state index is 0.111. The number of nitrogens with zero attached hydrogens (tertiary/aromatic N) is 1. The number of anilines is 1. The second kappa shape index (κ2) is 6.36. The maximum atomic E-state index is 12.7. The van der Waals surface area contributed by atoms with Crippen LogP contribution in [0.4, 0.5) is 5.69 Å². The number of hydrogen-bond donors (Lipinski definition) is 1. The van der Waals surface area contributed by atoms with Crippen LogP contribution in [0.5, 0.6) is 0 Å². The third kappa shape index (κ3) is 3.40. The summed E-state index contributed by atoms with van der Waals surface area (Å²) in [5, 5.41) is 3.24. The van der Waals surface area contributed by atoms with Crippen LogP contribution in [0.2, 0.25) is 5.02 Å². The van der Waals surface area contributed by atoms with Crippen LogP contribution in [0.15, 0.2) is 22.7 Å². The molecule has 2 rings (SSSR count). The zero-order chi connectivity index (χ0) is 15.7. The van der Waals surface area contributed by atoms with Crippen molar-refractivity contribution in [3.63, 3.8) is 0 Å². The topological polar surface area (TPSA) is 49.4 Å². The normalized spacial score (nSPS) is 22.7. The highest BCUT2D eigenvalue weighted by Crippen LogP contribution is 2.32. The summed E-state index contributed by atoms with van der Waals surface area (Å²) in [5.41, 5.74) is 0.570. The Hall–Kier alpha value is -1.07. The van der Waals surface area contributed by atoms with Crippen molar-refractivity contribution in [1.82, 2.24) is 5.32 Å². The molecule has 1 saturated heterocycles. The third-order valence-electron chi connectivity index (χ3n) is 3.50. The third-order valence-corrected chi connectivity index (χ3v) is 4.29. The molecular formula is C15H18BrClN2O2. The number of rotatable bonds is 3. The second-order valence-corrected chi connectivity index (χ2v) is 6.99. The van der Waals surface area contributed by atoms with Gasteiger partial charge in [-0.25, -0.2) is 0 Å². The van der Waals surface area contributed by atoms with E-state index in [9.17, 15) is 9.59 Å². The van der Waals surface area contributed by atoms with Gasteiger partial charge in [-0.3, -0.25) is 14.5 Å². The highest BCUT2D eigenvalue weighted by molar-refractivity contribution is 9.10. The zero-order valence-electron chi connectivity index (χ0n) is 12.2. The van der Waals surface area contributed by atoms with E-state index < -0.39 is 12.1 Å². The summed E-state index contributed by atoms with van der Waals surface area (Å²) < 4.78 is 0.830. The van der Waals surface area contributed by atoms with Gasteiger partial charge in [-0.05, 0) is 37.5 Å². The highest BCUT2D eigenvalue weighted by Gasteiger charge is 2.39. The van der Waals surface area contributed by atoms with Gasteiger partial charge in [0.15, 0.2) is 0 Å². The summed E-state index contributed by atoms with van der Waals surface area (Å²) in [6, 6.07) is 4.23. The van der Waals surface area contributed by atoms with E-state index in [0.717, 1.165) is 4.47 Å². The number of carbonyl (C=O) groups excluding carboxylic acids is 2. The molecular weight excluding hydrogens is 356 g/mol. The Balaban J connectivity index is 2.38. The van der Waals surface area contributed by atoms with Crippen LogP contribution >= 0.6 is 27.5 Å². The first-order chi connectivity index (χ1) is 9.81. The summed E-state index contributed by atoms with van der Waals surface area (Å²) in [5.74, 6) is 0.0501. The predicted octanol–water partition coefficient (Wildman–Crippen LogP) is 3.37. The molecule has 0 bridgehead atoms. The van der Waals surface area contributed by atoms with E-state index in [-0.39, 0.29) is 11.8 Å². The molecule has 0 spiro atoms. The fraction of sp³-hybridized carbons (Fsp3) is 0.467. The van der Waals surface area contributed by atoms with Crippen molar-refractivity contribution in [2.75, 3.05) is 4.90 Å². The Morgan fingerprint density at radius 2 is 2.05 bits per heavy atom. The molecule has 1 N–H and O–H groups in total. The van der Waals surface area contributed by atoms with Crippen molar-refractivity contribution >= 4 is 45.0 Å². The van der Waals surface area contributed by atoms with Crippen molar-refractivity contribution in [3.8, 4) is 0 Å². The SMILES string of the molecule is CC(C)CC1NC(=O)C(C)N(c2ccc(Br)cc2Cl)C1=O. The minimum Gasteiger partial charge on any atom is -0.342 e. The fourth-order valence-electron chi connectivity index (χ4n) is 2.47. The van der Waals surface area contributed by atoms with Crippen LogP contribution in [0.25, 0.3) is 0 Å². The fourth-order valence-corrected chi connectivity index (χ4v) is 3.23. The van der Waals surface area contributed by atoms with E-state index in [2.05, 4.69) is 21.2 Å². The molecule has 0 radical (unpaired) electrons. The molecule has 0 saturated carbocycles. The van der Waals surface area contributed by atoms with E-state index in [4.69, 9.17) is 11.6 Å². The van der Waals surface area contributed by atoms with Crippen LogP contribution in [-0.2, 0) is 9.59 Å². The van der Waals surface area contributed by atoms with E-state index in [0.29, 0.717) is 23.0 Å². The molecule has 114 valence electrons. The second-order valence-electron chi connectivity index (χ2n) is 5.67. The molecule has 2 unspecified atom stereocenters. The van der Waals surface area contributed by atoms with Gasteiger partial charge in [-0.15, -0.1) is 0 Å². The van der Waals surface area contributed by atoms with Gasteiger partial charge in [0.05, 0.1) is 10.7 Å². The summed E-state index contributed by atoms with van der Waals surface area (Å²) >= 11 is 9.58. The van der Waals surface area contributed by atoms with Gasteiger partial charge in [-0.1, -0.05) is 41.4 Å². The van der Waals surface area contributed by atoms with Gasteiger partial charge >= 0.3 is 0 Å². The minimum atomic E-state index is -0.570. The molecule has 1 aromatic rings. The lowest BCUT2D eigenvalue weighted by Gasteiger charge is -2.38. The molecule has 1 heterocycles. The summed E-state index contributed by atoms with van der Waals surface area (Å²) in [4.78, 5) is 26.3. The number of benzene rings is 1. The van der Waals surface area contributed by atoms with Crippen molar-refractivity contribution in [1.29, 1.82) is 0 Å². The average Bonchev–Trinajstić information content (AvgIpc) is 2.38. The smallest absolute Gasteiger partial charge is 0.250 e. The van der Waals surface area contributed by atoms with Gasteiger partial charge in [0.1, 0.15) is 12.1 Å². The first-order valence-electron chi connectivity index (χ1n) is 6.89. The molecule has 2 atom stereocenters. The molecule has 4 nitrogen and oxygen atoms in total. The van der Waals surface area contributed by atoms with Gasteiger partial charge in [0, 0.05) is 4.47 Å². The lowest BCUT2D eigenvalue weighted by Crippen LogP contribution is -2.63. The first-order valence-corrected chi connectivity index (χ1v) is 8.07. The van der Waals surface area contributed by atoms with Crippen LogP contribution < -0.4 is 10.2 Å². The van der Waals surface area contributed by atoms with Crippen molar-refractivity contribution in [2.24, 2.45) is 5.92 Å². The number of nitrogens with one attached hydrogen (secondary N) is 1. The Morgan fingerprint density at radius 3 is 2.62 bits per heavy atom. The summed E-state index contributed by atoms with van der Waals surface area (Å²) in [6.45, 7) is 5.75. The number of carbonyl (C=O) groups is 2. The van der Waals surface area contributed by atoms with Crippen LogP contribution in [0.3, 0.4) is 0 Å². The first kappa shape index (κ1) is 16.3. The monoisotopic (exact) mass is 372 g/mol. The molecule has 0 aromatic heterocycles. The van der Waals surface area contributed by atoms with Gasteiger partial charge in [0.25, 0.3) is 0 Å². The number of halogens is 2. The van der Waals surface area contributed by atoms with Crippen LogP contribution in [0, 0.1) is 5.92 Å². The average molecular weight is 374 g/mol. The zero-order valence-corrected chi connectivity index (χ0v) is 14.5. The van der Waals surface area contributed by atoms with Crippen molar-refractivity contribution < 1.29 is 9.59 Å². The molecule has 6 heteroatoms. The van der Waals surface area contributed by atoms with E-state index in [1.54, 1.807) is 19.1 Å². The summed E-state index contributed by atoms with van der Waals surface area (Å²) in [6.07, 6.45) is 0.613. The van der Waals surface area contributed by atoms with Crippen molar-refractivity contribution in [2.45, 2.75) is 39.3 Å². The lowest BCUT2D eigenvalue weighted by atomic mass is 9.98. The Bertz CT molecular complexity index is 577. The Kier molecular flexibility index (Phi) is 4.94.